The van der Waals surface area contributed by atoms with Crippen LogP contribution in [0.15, 0.2) is 42.5 Å². The molecule has 0 spiro atoms. The molecule has 2 heterocycles. The Morgan fingerprint density at radius 1 is 1.03 bits per heavy atom. The normalized spacial score (nSPS) is 21.8. The Morgan fingerprint density at radius 3 is 2.62 bits per heavy atom. The summed E-state index contributed by atoms with van der Waals surface area (Å²) in [5, 5.41) is 0. The van der Waals surface area contributed by atoms with E-state index in [4.69, 9.17) is 0 Å². The van der Waals surface area contributed by atoms with Crippen LogP contribution >= 0.6 is 0 Å². The molecule has 2 aromatic rings. The Morgan fingerprint density at radius 2 is 1.86 bits per heavy atom. The van der Waals surface area contributed by atoms with Crippen molar-refractivity contribution in [2.45, 2.75) is 31.8 Å². The second kappa shape index (κ2) is 7.89. The van der Waals surface area contributed by atoms with Gasteiger partial charge in [-0.15, -0.1) is 0 Å². The maximum Gasteiger partial charge on any atom is 0.254 e. The largest absolute Gasteiger partial charge is 0.336 e. The summed E-state index contributed by atoms with van der Waals surface area (Å²) in [6.07, 6.45) is 1.96. The average Bonchev–Trinajstić information content (AvgIpc) is 3.05. The summed E-state index contributed by atoms with van der Waals surface area (Å²) in [5.74, 6) is -2.71. The number of rotatable bonds is 3. The van der Waals surface area contributed by atoms with Crippen LogP contribution in [0.3, 0.4) is 0 Å². The number of hydrogen-bond acceptors (Lipinski definition) is 2. The molecule has 2 aliphatic rings. The van der Waals surface area contributed by atoms with Crippen molar-refractivity contribution >= 4 is 11.8 Å². The molecule has 2 fully saturated rings. The molecule has 2 atom stereocenters. The van der Waals surface area contributed by atoms with Gasteiger partial charge in [-0.25, -0.2) is 13.2 Å². The minimum atomic E-state index is -1.06. The summed E-state index contributed by atoms with van der Waals surface area (Å²) in [6.45, 7) is 1.06. The zero-order chi connectivity index (χ0) is 20.5. The Kier molecular flexibility index (Phi) is 5.30. The summed E-state index contributed by atoms with van der Waals surface area (Å²) >= 11 is 0. The van der Waals surface area contributed by atoms with Crippen LogP contribution in [0.2, 0.25) is 0 Å². The lowest BCUT2D eigenvalue weighted by Crippen LogP contribution is -2.43. The molecule has 0 radical (unpaired) electrons. The first kappa shape index (κ1) is 19.5. The van der Waals surface area contributed by atoms with Crippen LogP contribution in [-0.4, -0.2) is 40.7 Å². The van der Waals surface area contributed by atoms with E-state index in [1.54, 1.807) is 21.9 Å². The summed E-state index contributed by atoms with van der Waals surface area (Å²) in [6, 6.07) is 9.08. The Labute approximate surface area is 166 Å². The third-order valence-electron chi connectivity index (χ3n) is 5.79. The van der Waals surface area contributed by atoms with Gasteiger partial charge in [-0.3, -0.25) is 9.59 Å². The van der Waals surface area contributed by atoms with Gasteiger partial charge in [-0.2, -0.15) is 0 Å². The van der Waals surface area contributed by atoms with Crippen molar-refractivity contribution < 1.29 is 22.8 Å². The topological polar surface area (TPSA) is 40.6 Å². The van der Waals surface area contributed by atoms with Crippen LogP contribution in [0.1, 0.15) is 35.2 Å². The van der Waals surface area contributed by atoms with Crippen LogP contribution in [0, 0.1) is 23.4 Å². The fourth-order valence-electron chi connectivity index (χ4n) is 4.35. The number of amides is 2. The monoisotopic (exact) mass is 402 g/mol. The molecule has 0 bridgehead atoms. The standard InChI is InChI=1S/C22H21F3N2O2/c23-17-5-1-3-14(9-17)11-27-20-13-26(12-16(20)4-2-6-21(27)28)22(29)15-7-8-18(24)19(25)10-15/h1,3,5,7-10,16,20H,2,4,6,11-13H2. The van der Waals surface area contributed by atoms with Gasteiger partial charge in [-0.05, 0) is 54.7 Å². The maximum atomic E-state index is 13.6. The van der Waals surface area contributed by atoms with Gasteiger partial charge in [0.2, 0.25) is 5.91 Å². The quantitative estimate of drug-likeness (QED) is 0.785. The van der Waals surface area contributed by atoms with Gasteiger partial charge >= 0.3 is 0 Å². The Bertz CT molecular complexity index is 949. The van der Waals surface area contributed by atoms with Crippen LogP contribution in [0.25, 0.3) is 0 Å². The van der Waals surface area contributed by atoms with Gasteiger partial charge in [0.1, 0.15) is 5.82 Å². The lowest BCUT2D eigenvalue weighted by atomic mass is 9.98. The lowest BCUT2D eigenvalue weighted by Gasteiger charge is -2.30. The number of benzene rings is 2. The van der Waals surface area contributed by atoms with Crippen LogP contribution < -0.4 is 0 Å². The smallest absolute Gasteiger partial charge is 0.254 e. The molecule has 2 saturated heterocycles. The van der Waals surface area contributed by atoms with Crippen LogP contribution in [-0.2, 0) is 11.3 Å². The van der Waals surface area contributed by atoms with Crippen molar-refractivity contribution in [1.82, 2.24) is 9.80 Å². The van der Waals surface area contributed by atoms with Gasteiger partial charge in [0.05, 0.1) is 6.04 Å². The molecule has 4 rings (SSSR count). The molecule has 2 aromatic carbocycles. The van der Waals surface area contributed by atoms with E-state index in [0.717, 1.165) is 25.0 Å². The molecule has 2 amide bonds. The van der Waals surface area contributed by atoms with E-state index >= 15 is 0 Å². The highest BCUT2D eigenvalue weighted by atomic mass is 19.2. The van der Waals surface area contributed by atoms with E-state index in [1.165, 1.54) is 18.2 Å². The fraction of sp³-hybridized carbons (Fsp3) is 0.364. The Hall–Kier alpha value is -2.83. The molecule has 0 N–H and O–H groups in total. The summed E-state index contributed by atoms with van der Waals surface area (Å²) < 4.78 is 40.3. The summed E-state index contributed by atoms with van der Waals surface area (Å²) in [7, 11) is 0. The molecule has 0 saturated carbocycles. The van der Waals surface area contributed by atoms with Crippen molar-refractivity contribution in [2.75, 3.05) is 13.1 Å². The highest BCUT2D eigenvalue weighted by molar-refractivity contribution is 5.94. The van der Waals surface area contributed by atoms with Crippen molar-refractivity contribution in [3.05, 3.63) is 71.0 Å². The number of halogens is 3. The molecule has 0 aromatic heterocycles. The van der Waals surface area contributed by atoms with E-state index in [9.17, 15) is 22.8 Å². The molecule has 29 heavy (non-hydrogen) atoms. The first-order chi connectivity index (χ1) is 13.9. The SMILES string of the molecule is O=C(c1ccc(F)c(F)c1)N1CC2CCCC(=O)N(Cc3cccc(F)c3)C2C1. The highest BCUT2D eigenvalue weighted by Crippen LogP contribution is 2.32. The van der Waals surface area contributed by atoms with Crippen molar-refractivity contribution in [1.29, 1.82) is 0 Å². The molecule has 7 heteroatoms. The Balaban J connectivity index is 1.55. The van der Waals surface area contributed by atoms with Crippen molar-refractivity contribution in [3.8, 4) is 0 Å². The first-order valence-corrected chi connectivity index (χ1v) is 9.70. The second-order valence-corrected chi connectivity index (χ2v) is 7.71. The number of carbonyl (C=O) groups is 2. The lowest BCUT2D eigenvalue weighted by molar-refractivity contribution is -0.133. The van der Waals surface area contributed by atoms with Crippen molar-refractivity contribution in [2.24, 2.45) is 5.92 Å². The number of fused-ring (bicyclic) bond motifs is 1. The van der Waals surface area contributed by atoms with Crippen LogP contribution in [0.4, 0.5) is 13.2 Å². The molecule has 152 valence electrons. The molecule has 4 nitrogen and oxygen atoms in total. The summed E-state index contributed by atoms with van der Waals surface area (Å²) in [4.78, 5) is 28.9. The third kappa shape index (κ3) is 3.99. The zero-order valence-corrected chi connectivity index (χ0v) is 15.8. The first-order valence-electron chi connectivity index (χ1n) is 9.70. The number of nitrogens with zero attached hydrogens (tertiary/aromatic N) is 2. The van der Waals surface area contributed by atoms with Gasteiger partial charge in [-0.1, -0.05) is 12.1 Å². The minimum absolute atomic E-state index is 0.0103. The van der Waals surface area contributed by atoms with E-state index in [0.29, 0.717) is 25.1 Å². The van der Waals surface area contributed by atoms with Crippen molar-refractivity contribution in [3.63, 3.8) is 0 Å². The maximum absolute atomic E-state index is 13.6. The number of likely N-dealkylation sites (tertiary alicyclic amines) is 2. The van der Waals surface area contributed by atoms with E-state index in [-0.39, 0.29) is 41.7 Å². The summed E-state index contributed by atoms with van der Waals surface area (Å²) in [5.41, 5.74) is 0.785. The van der Waals surface area contributed by atoms with Gasteiger partial charge in [0.25, 0.3) is 5.91 Å². The van der Waals surface area contributed by atoms with E-state index < -0.39 is 11.6 Å². The fourth-order valence-corrected chi connectivity index (χ4v) is 4.35. The van der Waals surface area contributed by atoms with E-state index in [1.807, 2.05) is 0 Å². The molecule has 0 aliphatic carbocycles. The predicted molar refractivity (Wildman–Crippen MR) is 100 cm³/mol. The molecule has 2 aliphatic heterocycles. The third-order valence-corrected chi connectivity index (χ3v) is 5.79. The molecular weight excluding hydrogens is 381 g/mol. The number of carbonyl (C=O) groups excluding carboxylic acids is 2. The zero-order valence-electron chi connectivity index (χ0n) is 15.8. The second-order valence-electron chi connectivity index (χ2n) is 7.71. The average molecular weight is 402 g/mol. The van der Waals surface area contributed by atoms with Gasteiger partial charge < -0.3 is 9.80 Å². The molecular formula is C22H21F3N2O2. The number of hydrogen-bond donors (Lipinski definition) is 0. The van der Waals surface area contributed by atoms with Gasteiger partial charge in [0, 0.05) is 31.6 Å². The van der Waals surface area contributed by atoms with E-state index in [2.05, 4.69) is 0 Å². The highest BCUT2D eigenvalue weighted by Gasteiger charge is 2.42. The minimum Gasteiger partial charge on any atom is -0.336 e. The van der Waals surface area contributed by atoms with Crippen LogP contribution in [0.5, 0.6) is 0 Å². The molecule has 2 unspecified atom stereocenters. The predicted octanol–water partition coefficient (Wildman–Crippen LogP) is 3.76. The van der Waals surface area contributed by atoms with Gasteiger partial charge in [0.15, 0.2) is 11.6 Å².